The van der Waals surface area contributed by atoms with Crippen molar-refractivity contribution < 1.29 is 23.4 Å². The molecule has 0 spiro atoms. The van der Waals surface area contributed by atoms with Crippen molar-refractivity contribution in [2.75, 3.05) is 14.2 Å². The lowest BCUT2D eigenvalue weighted by Crippen LogP contribution is -2.05. The molecule has 0 N–H and O–H groups in total. The molecule has 0 bridgehead atoms. The second kappa shape index (κ2) is 7.26. The number of methoxy groups -OCH3 is 2. The third-order valence-corrected chi connectivity index (χ3v) is 2.88. The van der Waals surface area contributed by atoms with Gasteiger partial charge in [0.15, 0.2) is 11.6 Å². The third-order valence-electron chi connectivity index (χ3n) is 2.88. The van der Waals surface area contributed by atoms with Crippen molar-refractivity contribution in [1.29, 1.82) is 0 Å². The van der Waals surface area contributed by atoms with Crippen LogP contribution in [0, 0.1) is 5.82 Å². The molecule has 2 aromatic carbocycles. The normalized spacial score (nSPS) is 10.5. The Morgan fingerprint density at radius 3 is 2.50 bits per heavy atom. The number of hydrogen-bond acceptors (Lipinski definition) is 4. The molecule has 0 aromatic heterocycles. The van der Waals surface area contributed by atoms with Crippen LogP contribution in [0.25, 0.3) is 6.08 Å². The quantitative estimate of drug-likeness (QED) is 0.482. The molecule has 0 aliphatic carbocycles. The topological polar surface area (TPSA) is 44.8 Å². The average Bonchev–Trinajstić information content (AvgIpc) is 2.54. The van der Waals surface area contributed by atoms with Crippen molar-refractivity contribution >= 4 is 12.0 Å². The van der Waals surface area contributed by atoms with E-state index in [0.29, 0.717) is 17.1 Å². The Morgan fingerprint density at radius 1 is 1.05 bits per heavy atom. The van der Waals surface area contributed by atoms with Crippen molar-refractivity contribution in [3.8, 4) is 17.2 Å². The highest BCUT2D eigenvalue weighted by atomic mass is 19.1. The van der Waals surface area contributed by atoms with E-state index in [9.17, 15) is 9.18 Å². The van der Waals surface area contributed by atoms with Crippen LogP contribution in [0.3, 0.4) is 0 Å². The highest BCUT2D eigenvalue weighted by Crippen LogP contribution is 2.25. The predicted octanol–water partition coefficient (Wildman–Crippen LogP) is 3.46. The van der Waals surface area contributed by atoms with E-state index in [1.807, 2.05) is 0 Å². The standard InChI is InChI=1S/C17H15FO4/c1-20-13-8-9-15(21-2)12(11-13)7-10-17(19)22-16-6-4-3-5-14(16)18/h3-11H,1-2H3/b10-7+. The second-order valence-electron chi connectivity index (χ2n) is 4.29. The molecule has 0 atom stereocenters. The smallest absolute Gasteiger partial charge is 0.336 e. The molecule has 0 saturated carbocycles. The molecule has 2 aromatic rings. The molecule has 0 saturated heterocycles. The van der Waals surface area contributed by atoms with E-state index in [0.717, 1.165) is 0 Å². The lowest BCUT2D eigenvalue weighted by atomic mass is 10.1. The maximum absolute atomic E-state index is 13.4. The van der Waals surface area contributed by atoms with Gasteiger partial charge in [-0.15, -0.1) is 0 Å². The van der Waals surface area contributed by atoms with Crippen LogP contribution in [0.15, 0.2) is 48.5 Å². The summed E-state index contributed by atoms with van der Waals surface area (Å²) in [6, 6.07) is 10.9. The van der Waals surface area contributed by atoms with Crippen LogP contribution in [-0.4, -0.2) is 20.2 Å². The fourth-order valence-corrected chi connectivity index (χ4v) is 1.80. The fraction of sp³-hybridized carbons (Fsp3) is 0.118. The van der Waals surface area contributed by atoms with Crippen molar-refractivity contribution in [3.05, 3.63) is 59.9 Å². The summed E-state index contributed by atoms with van der Waals surface area (Å²) in [5, 5.41) is 0. The molecule has 0 aliphatic rings. The van der Waals surface area contributed by atoms with E-state index in [-0.39, 0.29) is 5.75 Å². The molecule has 0 unspecified atom stereocenters. The summed E-state index contributed by atoms with van der Waals surface area (Å²) in [6.07, 6.45) is 2.72. The molecule has 0 radical (unpaired) electrons. The summed E-state index contributed by atoms with van der Waals surface area (Å²) in [4.78, 5) is 11.7. The maximum atomic E-state index is 13.4. The van der Waals surface area contributed by atoms with Gasteiger partial charge >= 0.3 is 5.97 Å². The summed E-state index contributed by atoms with van der Waals surface area (Å²) < 4.78 is 28.6. The Kier molecular flexibility index (Phi) is 5.14. The zero-order valence-electron chi connectivity index (χ0n) is 12.2. The largest absolute Gasteiger partial charge is 0.497 e. The number of rotatable bonds is 5. The van der Waals surface area contributed by atoms with Crippen molar-refractivity contribution in [1.82, 2.24) is 0 Å². The zero-order chi connectivity index (χ0) is 15.9. The van der Waals surface area contributed by atoms with Crippen LogP contribution < -0.4 is 14.2 Å². The molecule has 5 heteroatoms. The highest BCUT2D eigenvalue weighted by Gasteiger charge is 2.07. The molecule has 114 valence electrons. The van der Waals surface area contributed by atoms with Gasteiger partial charge in [0.25, 0.3) is 0 Å². The Labute approximate surface area is 127 Å². The Morgan fingerprint density at radius 2 is 1.82 bits per heavy atom. The van der Waals surface area contributed by atoms with E-state index < -0.39 is 11.8 Å². The number of para-hydroxylation sites is 1. The van der Waals surface area contributed by atoms with Gasteiger partial charge in [0.2, 0.25) is 0 Å². The van der Waals surface area contributed by atoms with E-state index in [4.69, 9.17) is 14.2 Å². The number of esters is 1. The van der Waals surface area contributed by atoms with Crippen LogP contribution in [0.5, 0.6) is 17.2 Å². The minimum atomic E-state index is -0.685. The number of carbonyl (C=O) groups excluding carboxylic acids is 1. The maximum Gasteiger partial charge on any atom is 0.336 e. The van der Waals surface area contributed by atoms with Crippen LogP contribution in [0.4, 0.5) is 4.39 Å². The van der Waals surface area contributed by atoms with Crippen molar-refractivity contribution in [2.24, 2.45) is 0 Å². The highest BCUT2D eigenvalue weighted by molar-refractivity contribution is 5.89. The molecule has 0 aliphatic heterocycles. The van der Waals surface area contributed by atoms with Gasteiger partial charge in [0.1, 0.15) is 11.5 Å². The first-order valence-electron chi connectivity index (χ1n) is 6.50. The van der Waals surface area contributed by atoms with Gasteiger partial charge in [-0.05, 0) is 36.4 Å². The molecule has 0 amide bonds. The monoisotopic (exact) mass is 302 g/mol. The zero-order valence-corrected chi connectivity index (χ0v) is 12.2. The lowest BCUT2D eigenvalue weighted by molar-refractivity contribution is -0.129. The van der Waals surface area contributed by atoms with Crippen molar-refractivity contribution in [3.63, 3.8) is 0 Å². The van der Waals surface area contributed by atoms with Gasteiger partial charge in [-0.25, -0.2) is 9.18 Å². The van der Waals surface area contributed by atoms with E-state index in [1.54, 1.807) is 31.4 Å². The van der Waals surface area contributed by atoms with Crippen LogP contribution >= 0.6 is 0 Å². The first-order valence-corrected chi connectivity index (χ1v) is 6.50. The van der Waals surface area contributed by atoms with Gasteiger partial charge in [0, 0.05) is 11.6 Å². The molecule has 22 heavy (non-hydrogen) atoms. The fourth-order valence-electron chi connectivity index (χ4n) is 1.80. The number of benzene rings is 2. The van der Waals surface area contributed by atoms with Gasteiger partial charge in [-0.3, -0.25) is 0 Å². The Hall–Kier alpha value is -2.82. The Bertz CT molecular complexity index is 695. The number of ether oxygens (including phenoxy) is 3. The van der Waals surface area contributed by atoms with Gasteiger partial charge in [0.05, 0.1) is 14.2 Å². The van der Waals surface area contributed by atoms with Crippen LogP contribution in [-0.2, 0) is 4.79 Å². The van der Waals surface area contributed by atoms with Crippen LogP contribution in [0.1, 0.15) is 5.56 Å². The van der Waals surface area contributed by atoms with E-state index >= 15 is 0 Å². The average molecular weight is 302 g/mol. The summed E-state index contributed by atoms with van der Waals surface area (Å²) >= 11 is 0. The summed E-state index contributed by atoms with van der Waals surface area (Å²) in [6.45, 7) is 0. The predicted molar refractivity (Wildman–Crippen MR) is 80.6 cm³/mol. The van der Waals surface area contributed by atoms with E-state index in [2.05, 4.69) is 0 Å². The molecule has 4 nitrogen and oxygen atoms in total. The third kappa shape index (κ3) is 3.85. The first kappa shape index (κ1) is 15.6. The minimum absolute atomic E-state index is 0.116. The number of carbonyl (C=O) groups is 1. The molecule has 2 rings (SSSR count). The molecular formula is C17H15FO4. The Balaban J connectivity index is 2.14. The van der Waals surface area contributed by atoms with E-state index in [1.165, 1.54) is 37.5 Å². The molecule has 0 fully saturated rings. The SMILES string of the molecule is COc1ccc(OC)c(/C=C/C(=O)Oc2ccccc2F)c1. The second-order valence-corrected chi connectivity index (χ2v) is 4.29. The van der Waals surface area contributed by atoms with Crippen molar-refractivity contribution in [2.45, 2.75) is 0 Å². The summed E-state index contributed by atoms with van der Waals surface area (Å²) in [5.74, 6) is -0.188. The lowest BCUT2D eigenvalue weighted by Gasteiger charge is -2.07. The van der Waals surface area contributed by atoms with Gasteiger partial charge < -0.3 is 14.2 Å². The van der Waals surface area contributed by atoms with Gasteiger partial charge in [-0.2, -0.15) is 0 Å². The van der Waals surface area contributed by atoms with Crippen LogP contribution in [0.2, 0.25) is 0 Å². The number of hydrogen-bond donors (Lipinski definition) is 0. The first-order chi connectivity index (χ1) is 10.6. The number of halogens is 1. The molecule has 0 heterocycles. The molecular weight excluding hydrogens is 287 g/mol. The minimum Gasteiger partial charge on any atom is -0.497 e. The summed E-state index contributed by atoms with van der Waals surface area (Å²) in [7, 11) is 3.07. The van der Waals surface area contributed by atoms with Gasteiger partial charge in [-0.1, -0.05) is 12.1 Å². The summed E-state index contributed by atoms with van der Waals surface area (Å²) in [5.41, 5.74) is 0.646.